The first-order chi connectivity index (χ1) is 7.06. The van der Waals surface area contributed by atoms with Gasteiger partial charge in [0.15, 0.2) is 0 Å². The zero-order valence-corrected chi connectivity index (χ0v) is 9.95. The minimum Gasteiger partial charge on any atom is -0.338 e. The number of aromatic nitrogens is 1. The quantitative estimate of drug-likeness (QED) is 0.740. The Morgan fingerprint density at radius 3 is 2.73 bits per heavy atom. The molecular formula is C11H15ClN2O. The van der Waals surface area contributed by atoms with Crippen molar-refractivity contribution in [2.45, 2.75) is 19.9 Å². The first kappa shape index (κ1) is 12.0. The van der Waals surface area contributed by atoms with E-state index in [9.17, 15) is 4.79 Å². The van der Waals surface area contributed by atoms with Gasteiger partial charge in [0.05, 0.1) is 5.56 Å². The first-order valence-electron chi connectivity index (χ1n) is 4.82. The fourth-order valence-corrected chi connectivity index (χ4v) is 1.31. The van der Waals surface area contributed by atoms with Crippen LogP contribution in [0.25, 0.3) is 0 Å². The molecule has 1 unspecified atom stereocenters. The van der Waals surface area contributed by atoms with E-state index in [4.69, 9.17) is 11.6 Å². The second-order valence-corrected chi connectivity index (χ2v) is 3.92. The number of alkyl halides is 1. The third-order valence-corrected chi connectivity index (χ3v) is 2.81. The molecule has 1 amide bonds. The lowest BCUT2D eigenvalue weighted by Crippen LogP contribution is -2.36. The number of hydrogen-bond donors (Lipinski definition) is 0. The summed E-state index contributed by atoms with van der Waals surface area (Å²) in [5.41, 5.74) is 1.50. The molecule has 0 N–H and O–H groups in total. The van der Waals surface area contributed by atoms with E-state index >= 15 is 0 Å². The number of rotatable bonds is 3. The van der Waals surface area contributed by atoms with Gasteiger partial charge >= 0.3 is 0 Å². The highest BCUT2D eigenvalue weighted by molar-refractivity contribution is 6.18. The molecule has 0 aliphatic carbocycles. The van der Waals surface area contributed by atoms with Gasteiger partial charge in [0, 0.05) is 30.9 Å². The smallest absolute Gasteiger partial charge is 0.255 e. The number of hydrogen-bond acceptors (Lipinski definition) is 2. The summed E-state index contributed by atoms with van der Waals surface area (Å²) in [5, 5.41) is 0. The highest BCUT2D eigenvalue weighted by Crippen LogP contribution is 2.07. The molecule has 15 heavy (non-hydrogen) atoms. The van der Waals surface area contributed by atoms with E-state index in [0.717, 1.165) is 5.69 Å². The van der Waals surface area contributed by atoms with Gasteiger partial charge in [-0.15, -0.1) is 11.6 Å². The molecule has 0 aromatic carbocycles. The average molecular weight is 227 g/mol. The van der Waals surface area contributed by atoms with E-state index in [0.29, 0.717) is 11.4 Å². The van der Waals surface area contributed by atoms with Crippen molar-refractivity contribution in [3.05, 3.63) is 29.6 Å². The van der Waals surface area contributed by atoms with Crippen molar-refractivity contribution < 1.29 is 4.79 Å². The van der Waals surface area contributed by atoms with E-state index in [2.05, 4.69) is 4.98 Å². The summed E-state index contributed by atoms with van der Waals surface area (Å²) in [7, 11) is 1.75. The van der Waals surface area contributed by atoms with Gasteiger partial charge in [0.1, 0.15) is 0 Å². The van der Waals surface area contributed by atoms with E-state index in [1.54, 1.807) is 24.2 Å². The topological polar surface area (TPSA) is 33.2 Å². The summed E-state index contributed by atoms with van der Waals surface area (Å²) in [6.07, 6.45) is 1.59. The van der Waals surface area contributed by atoms with E-state index < -0.39 is 0 Å². The lowest BCUT2D eigenvalue weighted by atomic mass is 10.2. The summed E-state index contributed by atoms with van der Waals surface area (Å²) >= 11 is 5.69. The zero-order valence-electron chi connectivity index (χ0n) is 9.20. The van der Waals surface area contributed by atoms with Crippen molar-refractivity contribution in [3.63, 3.8) is 0 Å². The fraction of sp³-hybridized carbons (Fsp3) is 0.455. The molecule has 3 nitrogen and oxygen atoms in total. The Bertz CT molecular complexity index is 337. The molecule has 0 aliphatic rings. The van der Waals surface area contributed by atoms with Gasteiger partial charge in [-0.1, -0.05) is 0 Å². The number of carbonyl (C=O) groups is 1. The third-order valence-electron chi connectivity index (χ3n) is 2.36. The second kappa shape index (κ2) is 5.12. The molecule has 1 atom stereocenters. The molecule has 0 spiro atoms. The molecule has 0 saturated heterocycles. The molecule has 4 heteroatoms. The molecule has 0 bridgehead atoms. The summed E-state index contributed by atoms with van der Waals surface area (Å²) in [6.45, 7) is 3.80. The van der Waals surface area contributed by atoms with Gasteiger partial charge in [-0.2, -0.15) is 0 Å². The monoisotopic (exact) mass is 226 g/mol. The Balaban J connectivity index is 2.80. The number of carbonyl (C=O) groups excluding carboxylic acids is 1. The normalized spacial score (nSPS) is 12.3. The van der Waals surface area contributed by atoms with Crippen LogP contribution < -0.4 is 0 Å². The summed E-state index contributed by atoms with van der Waals surface area (Å²) < 4.78 is 0. The number of nitrogens with zero attached hydrogens (tertiary/aromatic N) is 2. The van der Waals surface area contributed by atoms with E-state index in [1.807, 2.05) is 19.9 Å². The highest BCUT2D eigenvalue weighted by Gasteiger charge is 2.16. The van der Waals surface area contributed by atoms with Crippen LogP contribution in [0, 0.1) is 6.92 Å². The largest absolute Gasteiger partial charge is 0.338 e. The van der Waals surface area contributed by atoms with E-state index in [1.165, 1.54) is 0 Å². The molecule has 0 radical (unpaired) electrons. The van der Waals surface area contributed by atoms with Crippen LogP contribution in [-0.2, 0) is 0 Å². The summed E-state index contributed by atoms with van der Waals surface area (Å²) in [4.78, 5) is 17.6. The Hall–Kier alpha value is -1.09. The Kier molecular flexibility index (Phi) is 4.09. The minimum atomic E-state index is -0.0457. The molecule has 1 heterocycles. The molecule has 0 fully saturated rings. The van der Waals surface area contributed by atoms with Crippen LogP contribution in [0.15, 0.2) is 18.3 Å². The van der Waals surface area contributed by atoms with Crippen molar-refractivity contribution in [2.24, 2.45) is 0 Å². The van der Waals surface area contributed by atoms with Crippen LogP contribution in [-0.4, -0.2) is 34.8 Å². The number of amides is 1. The number of halogens is 1. The number of pyridine rings is 1. The van der Waals surface area contributed by atoms with Gasteiger partial charge in [-0.25, -0.2) is 0 Å². The maximum absolute atomic E-state index is 11.9. The van der Waals surface area contributed by atoms with E-state index in [-0.39, 0.29) is 11.9 Å². The molecule has 0 aliphatic heterocycles. The van der Waals surface area contributed by atoms with Gasteiger partial charge in [0.25, 0.3) is 5.91 Å². The van der Waals surface area contributed by atoms with Gasteiger partial charge in [-0.3, -0.25) is 9.78 Å². The van der Waals surface area contributed by atoms with Crippen LogP contribution in [0.3, 0.4) is 0 Å². The maximum Gasteiger partial charge on any atom is 0.255 e. The van der Waals surface area contributed by atoms with Crippen LogP contribution in [0.2, 0.25) is 0 Å². The lowest BCUT2D eigenvalue weighted by Gasteiger charge is -2.22. The minimum absolute atomic E-state index is 0.0282. The predicted molar refractivity (Wildman–Crippen MR) is 61.2 cm³/mol. The standard InChI is InChI=1S/C11H15ClN2O/c1-8-4-5-10(7-13-8)11(15)14(3)9(2)6-12/h4-5,7,9H,6H2,1-3H3. The second-order valence-electron chi connectivity index (χ2n) is 3.61. The maximum atomic E-state index is 11.9. The van der Waals surface area contributed by atoms with Gasteiger partial charge < -0.3 is 4.90 Å². The average Bonchev–Trinajstić information content (AvgIpc) is 2.27. The van der Waals surface area contributed by atoms with Crippen molar-refractivity contribution in [3.8, 4) is 0 Å². The van der Waals surface area contributed by atoms with Crippen molar-refractivity contribution >= 4 is 17.5 Å². The Morgan fingerprint density at radius 1 is 1.60 bits per heavy atom. The van der Waals surface area contributed by atoms with Crippen molar-refractivity contribution in [1.29, 1.82) is 0 Å². The van der Waals surface area contributed by atoms with Gasteiger partial charge in [0.2, 0.25) is 0 Å². The Labute approximate surface area is 95.1 Å². The van der Waals surface area contributed by atoms with Gasteiger partial charge in [-0.05, 0) is 26.0 Å². The van der Waals surface area contributed by atoms with Crippen LogP contribution in [0.4, 0.5) is 0 Å². The molecule has 82 valence electrons. The molecule has 1 aromatic rings. The first-order valence-corrected chi connectivity index (χ1v) is 5.35. The molecule has 1 aromatic heterocycles. The third kappa shape index (κ3) is 2.93. The van der Waals surface area contributed by atoms with Crippen LogP contribution in [0.1, 0.15) is 23.0 Å². The SMILES string of the molecule is Cc1ccc(C(=O)N(C)C(C)CCl)cn1. The van der Waals surface area contributed by atoms with Crippen LogP contribution in [0.5, 0.6) is 0 Å². The highest BCUT2D eigenvalue weighted by atomic mass is 35.5. The lowest BCUT2D eigenvalue weighted by molar-refractivity contribution is 0.0756. The summed E-state index contributed by atoms with van der Waals surface area (Å²) in [6, 6.07) is 3.63. The molecule has 0 saturated carbocycles. The molecule has 1 rings (SSSR count). The van der Waals surface area contributed by atoms with Crippen molar-refractivity contribution in [1.82, 2.24) is 9.88 Å². The Morgan fingerprint density at radius 2 is 2.27 bits per heavy atom. The molecular weight excluding hydrogens is 212 g/mol. The zero-order chi connectivity index (χ0) is 11.4. The fourth-order valence-electron chi connectivity index (χ4n) is 1.10. The number of aryl methyl sites for hydroxylation is 1. The van der Waals surface area contributed by atoms with Crippen LogP contribution >= 0.6 is 11.6 Å². The van der Waals surface area contributed by atoms with Crippen molar-refractivity contribution in [2.75, 3.05) is 12.9 Å². The predicted octanol–water partition coefficient (Wildman–Crippen LogP) is 2.09. The summed E-state index contributed by atoms with van der Waals surface area (Å²) in [5.74, 6) is 0.386.